The van der Waals surface area contributed by atoms with E-state index in [1.165, 1.54) is 0 Å². The lowest BCUT2D eigenvalue weighted by molar-refractivity contribution is -0.136. The number of carbonyl (C=O) groups is 2. The summed E-state index contributed by atoms with van der Waals surface area (Å²) in [6, 6.07) is -0.247. The van der Waals surface area contributed by atoms with Gasteiger partial charge in [0.2, 0.25) is 15.9 Å². The second-order valence-electron chi connectivity index (χ2n) is 3.68. The van der Waals surface area contributed by atoms with Crippen molar-refractivity contribution in [1.29, 1.82) is 0 Å². The van der Waals surface area contributed by atoms with Crippen LogP contribution in [0.4, 0.5) is 0 Å². The van der Waals surface area contributed by atoms with Gasteiger partial charge in [0.25, 0.3) is 0 Å². The number of nitrogens with one attached hydrogen (secondary N) is 2. The zero-order valence-electron chi connectivity index (χ0n) is 8.76. The molecule has 0 saturated carbocycles. The summed E-state index contributed by atoms with van der Waals surface area (Å²) in [6.07, 6.45) is 0.934. The molecular weight excluding hydrogens is 236 g/mol. The molecule has 2 atom stereocenters. The Morgan fingerprint density at radius 2 is 2.31 bits per heavy atom. The SMILES string of the molecule is CC(C(=O)O)S(=O)(=O)NCC1CCC(=O)N1. The first-order chi connectivity index (χ1) is 7.33. The summed E-state index contributed by atoms with van der Waals surface area (Å²) >= 11 is 0. The molecule has 0 bridgehead atoms. The van der Waals surface area contributed by atoms with E-state index >= 15 is 0 Å². The Labute approximate surface area is 93.3 Å². The molecule has 92 valence electrons. The van der Waals surface area contributed by atoms with Gasteiger partial charge in [-0.05, 0) is 13.3 Å². The van der Waals surface area contributed by atoms with Gasteiger partial charge < -0.3 is 10.4 Å². The third-order valence-corrected chi connectivity index (χ3v) is 4.13. The van der Waals surface area contributed by atoms with Crippen molar-refractivity contribution in [2.45, 2.75) is 31.1 Å². The Hall–Kier alpha value is -1.15. The highest BCUT2D eigenvalue weighted by Crippen LogP contribution is 2.06. The summed E-state index contributed by atoms with van der Waals surface area (Å²) in [5, 5.41) is 9.65. The first-order valence-electron chi connectivity index (χ1n) is 4.83. The van der Waals surface area contributed by atoms with Gasteiger partial charge in [0, 0.05) is 19.0 Å². The maximum atomic E-state index is 11.4. The Balaban J connectivity index is 2.48. The summed E-state index contributed by atoms with van der Waals surface area (Å²) < 4.78 is 25.0. The zero-order valence-corrected chi connectivity index (χ0v) is 9.58. The summed E-state index contributed by atoms with van der Waals surface area (Å²) in [5.41, 5.74) is 0. The summed E-state index contributed by atoms with van der Waals surface area (Å²) in [6.45, 7) is 1.13. The number of carboxylic acid groups (broad SMARTS) is 1. The van der Waals surface area contributed by atoms with Gasteiger partial charge in [0.05, 0.1) is 0 Å². The molecule has 0 aromatic heterocycles. The smallest absolute Gasteiger partial charge is 0.323 e. The Morgan fingerprint density at radius 1 is 1.69 bits per heavy atom. The predicted octanol–water partition coefficient (Wildman–Crippen LogP) is -1.34. The number of hydrogen-bond acceptors (Lipinski definition) is 4. The highest BCUT2D eigenvalue weighted by atomic mass is 32.2. The third-order valence-electron chi connectivity index (χ3n) is 2.43. The van der Waals surface area contributed by atoms with E-state index in [-0.39, 0.29) is 18.5 Å². The molecule has 1 heterocycles. The average molecular weight is 250 g/mol. The fourth-order valence-corrected chi connectivity index (χ4v) is 2.25. The standard InChI is InChI=1S/C8H14N2O5S/c1-5(8(12)13)16(14,15)9-4-6-2-3-7(11)10-6/h5-6,9H,2-4H2,1H3,(H,10,11)(H,12,13). The van der Waals surface area contributed by atoms with E-state index in [0.29, 0.717) is 12.8 Å². The minimum Gasteiger partial charge on any atom is -0.480 e. The van der Waals surface area contributed by atoms with Crippen molar-refractivity contribution in [3.8, 4) is 0 Å². The average Bonchev–Trinajstić information content (AvgIpc) is 2.60. The maximum Gasteiger partial charge on any atom is 0.323 e. The fourth-order valence-electron chi connectivity index (χ4n) is 1.30. The second-order valence-corrected chi connectivity index (χ2v) is 5.76. The van der Waals surface area contributed by atoms with Crippen LogP contribution in [-0.4, -0.2) is 43.2 Å². The number of carbonyl (C=O) groups excluding carboxylic acids is 1. The van der Waals surface area contributed by atoms with Gasteiger partial charge in [-0.3, -0.25) is 9.59 Å². The van der Waals surface area contributed by atoms with Crippen LogP contribution in [0.3, 0.4) is 0 Å². The molecule has 7 nitrogen and oxygen atoms in total. The van der Waals surface area contributed by atoms with E-state index in [4.69, 9.17) is 5.11 Å². The molecule has 0 aromatic rings. The van der Waals surface area contributed by atoms with Crippen LogP contribution in [-0.2, 0) is 19.6 Å². The molecule has 1 fully saturated rings. The van der Waals surface area contributed by atoms with Gasteiger partial charge in [-0.1, -0.05) is 0 Å². The molecule has 0 spiro atoms. The van der Waals surface area contributed by atoms with E-state index in [2.05, 4.69) is 10.0 Å². The fraction of sp³-hybridized carbons (Fsp3) is 0.750. The molecule has 1 aliphatic rings. The predicted molar refractivity (Wildman–Crippen MR) is 55.2 cm³/mol. The van der Waals surface area contributed by atoms with Crippen LogP contribution in [0.2, 0.25) is 0 Å². The number of sulfonamides is 1. The molecule has 1 rings (SSSR count). The summed E-state index contributed by atoms with van der Waals surface area (Å²) in [5.74, 6) is -1.52. The lowest BCUT2D eigenvalue weighted by atomic mass is 10.2. The van der Waals surface area contributed by atoms with Gasteiger partial charge in [-0.25, -0.2) is 13.1 Å². The van der Waals surface area contributed by atoms with Gasteiger partial charge in [0.1, 0.15) is 0 Å². The van der Waals surface area contributed by atoms with E-state index in [9.17, 15) is 18.0 Å². The van der Waals surface area contributed by atoms with Gasteiger partial charge >= 0.3 is 5.97 Å². The Bertz CT molecular complexity index is 391. The van der Waals surface area contributed by atoms with Gasteiger partial charge in [0.15, 0.2) is 5.25 Å². The lowest BCUT2D eigenvalue weighted by Crippen LogP contribution is -2.43. The first-order valence-corrected chi connectivity index (χ1v) is 6.38. The number of rotatable bonds is 5. The van der Waals surface area contributed by atoms with Crippen LogP contribution in [0.15, 0.2) is 0 Å². The highest BCUT2D eigenvalue weighted by Gasteiger charge is 2.29. The van der Waals surface area contributed by atoms with Crippen LogP contribution in [0, 0.1) is 0 Å². The maximum absolute atomic E-state index is 11.4. The number of aliphatic carboxylic acids is 1. The molecule has 3 N–H and O–H groups in total. The van der Waals surface area contributed by atoms with Crippen molar-refractivity contribution in [3.63, 3.8) is 0 Å². The van der Waals surface area contributed by atoms with E-state index in [1.54, 1.807) is 0 Å². The number of amides is 1. The third kappa shape index (κ3) is 3.17. The van der Waals surface area contributed by atoms with E-state index in [1.807, 2.05) is 0 Å². The quantitative estimate of drug-likeness (QED) is 0.559. The van der Waals surface area contributed by atoms with Crippen LogP contribution >= 0.6 is 0 Å². The van der Waals surface area contributed by atoms with Crippen molar-refractivity contribution in [3.05, 3.63) is 0 Å². The Kier molecular flexibility index (Phi) is 3.87. The molecule has 2 unspecified atom stereocenters. The van der Waals surface area contributed by atoms with Crippen molar-refractivity contribution < 1.29 is 23.1 Å². The Morgan fingerprint density at radius 3 is 2.75 bits per heavy atom. The van der Waals surface area contributed by atoms with E-state index in [0.717, 1.165) is 6.92 Å². The second kappa shape index (κ2) is 4.79. The molecule has 1 aliphatic heterocycles. The van der Waals surface area contributed by atoms with Gasteiger partial charge in [-0.2, -0.15) is 0 Å². The van der Waals surface area contributed by atoms with Crippen molar-refractivity contribution in [1.82, 2.24) is 10.0 Å². The van der Waals surface area contributed by atoms with Crippen molar-refractivity contribution in [2.24, 2.45) is 0 Å². The summed E-state index contributed by atoms with van der Waals surface area (Å²) in [4.78, 5) is 21.3. The van der Waals surface area contributed by atoms with Crippen LogP contribution in [0.1, 0.15) is 19.8 Å². The number of hydrogen-bond donors (Lipinski definition) is 3. The largest absolute Gasteiger partial charge is 0.480 e. The molecule has 16 heavy (non-hydrogen) atoms. The van der Waals surface area contributed by atoms with Crippen LogP contribution in [0.5, 0.6) is 0 Å². The molecule has 8 heteroatoms. The summed E-state index contributed by atoms with van der Waals surface area (Å²) in [7, 11) is -3.87. The first kappa shape index (κ1) is 12.9. The number of carboxylic acids is 1. The topological polar surface area (TPSA) is 113 Å². The van der Waals surface area contributed by atoms with Crippen molar-refractivity contribution in [2.75, 3.05) is 6.54 Å². The molecule has 0 aromatic carbocycles. The highest BCUT2D eigenvalue weighted by molar-refractivity contribution is 7.90. The van der Waals surface area contributed by atoms with Crippen LogP contribution in [0.25, 0.3) is 0 Å². The van der Waals surface area contributed by atoms with Gasteiger partial charge in [-0.15, -0.1) is 0 Å². The minimum atomic E-state index is -3.87. The monoisotopic (exact) mass is 250 g/mol. The normalized spacial score (nSPS) is 22.8. The lowest BCUT2D eigenvalue weighted by Gasteiger charge is -2.13. The molecule has 1 amide bonds. The minimum absolute atomic E-state index is 0.0334. The van der Waals surface area contributed by atoms with Crippen molar-refractivity contribution >= 4 is 21.9 Å². The molecule has 1 saturated heterocycles. The molecule has 0 radical (unpaired) electrons. The zero-order chi connectivity index (χ0) is 12.3. The van der Waals surface area contributed by atoms with E-state index < -0.39 is 21.2 Å². The van der Waals surface area contributed by atoms with Crippen LogP contribution < -0.4 is 10.0 Å². The molecular formula is C8H14N2O5S. The molecule has 0 aliphatic carbocycles.